The molecular formula is C30H37ClF4N4O2. The first-order valence-corrected chi connectivity index (χ1v) is 14.3. The Morgan fingerprint density at radius 1 is 1.02 bits per heavy atom. The van der Waals surface area contributed by atoms with E-state index in [2.05, 4.69) is 9.80 Å². The van der Waals surface area contributed by atoms with Crippen LogP contribution in [-0.2, 0) is 11.0 Å². The Kier molecular flexibility index (Phi) is 9.97. The Hall–Kier alpha value is -2.69. The van der Waals surface area contributed by atoms with Gasteiger partial charge in [-0.2, -0.15) is 13.2 Å². The maximum absolute atomic E-state index is 13.6. The first-order valence-electron chi connectivity index (χ1n) is 14.0. The van der Waals surface area contributed by atoms with Gasteiger partial charge in [-0.1, -0.05) is 37.6 Å². The highest BCUT2D eigenvalue weighted by atomic mass is 35.5. The lowest BCUT2D eigenvalue weighted by molar-refractivity contribution is -0.138. The van der Waals surface area contributed by atoms with Crippen LogP contribution < -0.4 is 0 Å². The highest BCUT2D eigenvalue weighted by Gasteiger charge is 2.35. The van der Waals surface area contributed by atoms with Crippen molar-refractivity contribution >= 4 is 23.4 Å². The quantitative estimate of drug-likeness (QED) is 0.372. The van der Waals surface area contributed by atoms with Crippen LogP contribution in [0.3, 0.4) is 0 Å². The highest BCUT2D eigenvalue weighted by Crippen LogP contribution is 2.32. The zero-order valence-electron chi connectivity index (χ0n) is 23.6. The number of hydrogen-bond acceptors (Lipinski definition) is 4. The van der Waals surface area contributed by atoms with E-state index in [9.17, 15) is 27.2 Å². The van der Waals surface area contributed by atoms with Gasteiger partial charge in [-0.25, -0.2) is 4.39 Å². The molecule has 0 spiro atoms. The van der Waals surface area contributed by atoms with Crippen LogP contribution in [0.25, 0.3) is 0 Å². The summed E-state index contributed by atoms with van der Waals surface area (Å²) in [6, 6.07) is 9.42. The predicted molar refractivity (Wildman–Crippen MR) is 150 cm³/mol. The molecule has 2 saturated heterocycles. The second-order valence-electron chi connectivity index (χ2n) is 11.4. The summed E-state index contributed by atoms with van der Waals surface area (Å²) in [6.07, 6.45) is -3.93. The summed E-state index contributed by atoms with van der Waals surface area (Å²) < 4.78 is 53.5. The Bertz CT molecular complexity index is 1210. The smallest absolute Gasteiger partial charge is 0.341 e. The molecule has 2 aromatic carbocycles. The van der Waals surface area contributed by atoms with Crippen molar-refractivity contribution in [3.8, 4) is 0 Å². The molecule has 2 aliphatic heterocycles. The summed E-state index contributed by atoms with van der Waals surface area (Å²) in [6.45, 7) is 9.90. The molecular weight excluding hydrogens is 560 g/mol. The van der Waals surface area contributed by atoms with Crippen molar-refractivity contribution in [3.05, 3.63) is 70.0 Å². The fourth-order valence-corrected chi connectivity index (χ4v) is 5.81. The van der Waals surface area contributed by atoms with Crippen LogP contribution in [0.2, 0.25) is 5.02 Å². The second-order valence-corrected chi connectivity index (χ2v) is 11.8. The molecule has 0 saturated carbocycles. The van der Waals surface area contributed by atoms with Crippen molar-refractivity contribution in [2.75, 3.05) is 59.4 Å². The number of likely N-dealkylation sites (N-methyl/N-ethyl adjacent to an activating group) is 1. The second kappa shape index (κ2) is 13.1. The maximum atomic E-state index is 13.6. The molecule has 11 heteroatoms. The Balaban J connectivity index is 1.35. The molecule has 0 radical (unpaired) electrons. The van der Waals surface area contributed by atoms with E-state index in [-0.39, 0.29) is 40.7 Å². The molecule has 0 N–H and O–H groups in total. The maximum Gasteiger partial charge on any atom is 0.416 e. The van der Waals surface area contributed by atoms with Gasteiger partial charge in [0.2, 0.25) is 5.91 Å². The zero-order chi connectivity index (χ0) is 29.9. The van der Waals surface area contributed by atoms with Gasteiger partial charge < -0.3 is 14.7 Å². The SMILES string of the molecule is CC(C)C(=O)N1CCN(C2CN(CC[C@H](CN(C)C(=O)c3cc(Cl)cc(C(F)(F)F)c3)c3ccc(F)cc3)C2)CC1. The van der Waals surface area contributed by atoms with E-state index in [1.807, 2.05) is 18.7 Å². The Morgan fingerprint density at radius 3 is 2.24 bits per heavy atom. The standard InChI is InChI=1S/C30H37ClF4N4O2/c1-20(2)28(40)39-12-10-38(11-13-39)27-18-37(19-27)9-8-22(21-4-6-26(32)7-5-21)17-36(3)29(41)23-14-24(30(33,34)35)16-25(31)15-23/h4-7,14-16,20,22,27H,8-13,17-19H2,1-3H3/t22-/m1/s1. The van der Waals surface area contributed by atoms with Crippen molar-refractivity contribution in [1.82, 2.24) is 19.6 Å². The number of hydrogen-bond donors (Lipinski definition) is 0. The fourth-order valence-electron chi connectivity index (χ4n) is 5.58. The molecule has 2 fully saturated rings. The minimum absolute atomic E-state index is 0.00647. The van der Waals surface area contributed by atoms with Gasteiger partial charge in [-0.15, -0.1) is 0 Å². The monoisotopic (exact) mass is 596 g/mol. The molecule has 2 aromatic rings. The number of amides is 2. The third kappa shape index (κ3) is 7.99. The van der Waals surface area contributed by atoms with Gasteiger partial charge in [0.25, 0.3) is 5.91 Å². The number of likely N-dealkylation sites (tertiary alicyclic amines) is 1. The molecule has 4 rings (SSSR count). The van der Waals surface area contributed by atoms with Crippen LogP contribution in [0.1, 0.15) is 47.7 Å². The van der Waals surface area contributed by atoms with Gasteiger partial charge in [0.1, 0.15) is 5.82 Å². The normalized spacial score (nSPS) is 17.9. The number of alkyl halides is 3. The number of benzene rings is 2. The summed E-state index contributed by atoms with van der Waals surface area (Å²) >= 11 is 5.90. The molecule has 6 nitrogen and oxygen atoms in total. The first-order chi connectivity index (χ1) is 19.3. The molecule has 0 aliphatic carbocycles. The van der Waals surface area contributed by atoms with E-state index in [1.54, 1.807) is 19.2 Å². The van der Waals surface area contributed by atoms with Crippen LogP contribution in [0.15, 0.2) is 42.5 Å². The topological polar surface area (TPSA) is 47.1 Å². The number of piperazine rings is 1. The average molecular weight is 597 g/mol. The third-order valence-corrected chi connectivity index (χ3v) is 8.24. The lowest BCUT2D eigenvalue weighted by Crippen LogP contribution is -2.63. The van der Waals surface area contributed by atoms with Crippen LogP contribution >= 0.6 is 11.6 Å². The van der Waals surface area contributed by atoms with Gasteiger partial charge in [0.15, 0.2) is 0 Å². The lowest BCUT2D eigenvalue weighted by atomic mass is 9.93. The number of carbonyl (C=O) groups is 2. The largest absolute Gasteiger partial charge is 0.416 e. The fraction of sp³-hybridized carbons (Fsp3) is 0.533. The number of halogens is 5. The van der Waals surface area contributed by atoms with Gasteiger partial charge in [0, 0.05) is 81.3 Å². The lowest BCUT2D eigenvalue weighted by Gasteiger charge is -2.48. The van der Waals surface area contributed by atoms with Crippen molar-refractivity contribution in [2.24, 2.45) is 5.92 Å². The van der Waals surface area contributed by atoms with Crippen molar-refractivity contribution in [2.45, 2.75) is 38.4 Å². The summed E-state index contributed by atoms with van der Waals surface area (Å²) in [5.41, 5.74) is -0.251. The number of carbonyl (C=O) groups excluding carboxylic acids is 2. The van der Waals surface area contributed by atoms with Gasteiger partial charge >= 0.3 is 6.18 Å². The molecule has 2 aliphatic rings. The molecule has 2 heterocycles. The predicted octanol–water partition coefficient (Wildman–Crippen LogP) is 5.23. The zero-order valence-corrected chi connectivity index (χ0v) is 24.4. The summed E-state index contributed by atoms with van der Waals surface area (Å²) in [5, 5.41) is -0.160. The van der Waals surface area contributed by atoms with E-state index in [0.29, 0.717) is 12.5 Å². The third-order valence-electron chi connectivity index (χ3n) is 8.02. The summed E-state index contributed by atoms with van der Waals surface area (Å²) in [7, 11) is 1.55. The van der Waals surface area contributed by atoms with Crippen molar-refractivity contribution in [3.63, 3.8) is 0 Å². The van der Waals surface area contributed by atoms with Crippen LogP contribution in [0, 0.1) is 11.7 Å². The minimum atomic E-state index is -4.62. The van der Waals surface area contributed by atoms with Crippen molar-refractivity contribution in [1.29, 1.82) is 0 Å². The van der Waals surface area contributed by atoms with Crippen LogP contribution in [-0.4, -0.2) is 96.9 Å². The molecule has 1 atom stereocenters. The Labute approximate surface area is 243 Å². The van der Waals surface area contributed by atoms with Crippen LogP contribution in [0.4, 0.5) is 17.6 Å². The van der Waals surface area contributed by atoms with Gasteiger partial charge in [-0.3, -0.25) is 14.5 Å². The van der Waals surface area contributed by atoms with Crippen LogP contribution in [0.5, 0.6) is 0 Å². The molecule has 41 heavy (non-hydrogen) atoms. The highest BCUT2D eigenvalue weighted by molar-refractivity contribution is 6.31. The van der Waals surface area contributed by atoms with Crippen molar-refractivity contribution < 1.29 is 27.2 Å². The van der Waals surface area contributed by atoms with Gasteiger partial charge in [0.05, 0.1) is 5.56 Å². The summed E-state index contributed by atoms with van der Waals surface area (Å²) in [5.74, 6) is -0.866. The number of rotatable bonds is 9. The molecule has 224 valence electrons. The average Bonchev–Trinajstić information content (AvgIpc) is 2.90. The Morgan fingerprint density at radius 2 is 1.66 bits per heavy atom. The van der Waals surface area contributed by atoms with Gasteiger partial charge in [-0.05, 0) is 48.9 Å². The number of nitrogens with zero attached hydrogens (tertiary/aromatic N) is 4. The van der Waals surface area contributed by atoms with E-state index in [1.165, 1.54) is 23.1 Å². The minimum Gasteiger partial charge on any atom is -0.341 e. The first kappa shape index (κ1) is 31.3. The molecule has 0 aromatic heterocycles. The molecule has 0 bridgehead atoms. The summed E-state index contributed by atoms with van der Waals surface area (Å²) in [4.78, 5) is 33.5. The van der Waals surface area contributed by atoms with E-state index in [4.69, 9.17) is 11.6 Å². The molecule has 2 amide bonds. The molecule has 0 unspecified atom stereocenters. The van der Waals surface area contributed by atoms with E-state index >= 15 is 0 Å². The van der Waals surface area contributed by atoms with E-state index < -0.39 is 17.6 Å². The van der Waals surface area contributed by atoms with E-state index in [0.717, 1.165) is 63.5 Å².